The topological polar surface area (TPSA) is 161 Å². The number of carbonyl (C=O) groups excluding carboxylic acids is 4. The maximum Gasteiger partial charge on any atom is 2.00 e. The van der Waals surface area contributed by atoms with Gasteiger partial charge in [-0.1, -0.05) is 355 Å². The smallest absolute Gasteiger partial charge is 0.549 e. The largest absolute Gasteiger partial charge is 2.00 e. The molecule has 0 amide bonds. The van der Waals surface area contributed by atoms with E-state index in [1.165, 1.54) is 0 Å². The monoisotopic (exact) mass is 1770 g/mol. The average Bonchev–Trinajstić information content (AvgIpc) is 1.52. The number of halogens is 4. The zero-order valence-corrected chi connectivity index (χ0v) is 64.2. The SMILES string of the molecule is O=C([O-])[C@]1(c2ccc(Br)cc2)CC1(c1ccccc1)c1ccccc1.O=C([O-])[C@]1(c2ccc(Br)cc2)CC1(c1ccccc1)c1ccccc1.O=C([O-])[C@]1(c2ccc(Br)cc2)CC1(c1ccccc1)c1ccccc1.O=C([O-])[C@]1(c2ccc(Br)cc2)CC1(c1ccccc1)c1ccccc1.[Rh+2].[Rh+2]. The molecule has 102 heavy (non-hydrogen) atoms. The van der Waals surface area contributed by atoms with Crippen LogP contribution in [0.3, 0.4) is 0 Å². The molecule has 16 rings (SSSR count). The Balaban J connectivity index is 0.000000136. The summed E-state index contributed by atoms with van der Waals surface area (Å²) in [5.74, 6) is -4.10. The van der Waals surface area contributed by atoms with Gasteiger partial charge in [-0.15, -0.1) is 0 Å². The van der Waals surface area contributed by atoms with Crippen molar-refractivity contribution in [3.8, 4) is 0 Å². The molecule has 0 aliphatic heterocycles. The van der Waals surface area contributed by atoms with Gasteiger partial charge < -0.3 is 39.6 Å². The molecule has 4 aliphatic rings. The molecule has 510 valence electrons. The fraction of sp³-hybridized carbons (Fsp3) is 0.136. The number of hydrogen-bond donors (Lipinski definition) is 0. The van der Waals surface area contributed by atoms with Gasteiger partial charge in [0.05, 0.1) is 23.9 Å². The normalized spacial score (nSPS) is 20.4. The first-order valence-electron chi connectivity index (χ1n) is 32.8. The summed E-state index contributed by atoms with van der Waals surface area (Å²) in [6.45, 7) is 0. The molecule has 4 aliphatic carbocycles. The van der Waals surface area contributed by atoms with Crippen LogP contribution in [-0.4, -0.2) is 23.9 Å². The summed E-state index contributed by atoms with van der Waals surface area (Å²) in [5.41, 5.74) is 4.51. The Morgan fingerprint density at radius 3 is 0.422 bits per heavy atom. The van der Waals surface area contributed by atoms with Crippen LogP contribution in [0.5, 0.6) is 0 Å². The van der Waals surface area contributed by atoms with Gasteiger partial charge in [-0.2, -0.15) is 0 Å². The molecule has 14 heteroatoms. The molecule has 4 fully saturated rings. The van der Waals surface area contributed by atoms with E-state index in [2.05, 4.69) is 63.7 Å². The molecule has 0 N–H and O–H groups in total. The Kier molecular flexibility index (Phi) is 22.4. The Labute approximate surface area is 653 Å². The molecular weight excluding hydrogens is 1710 g/mol. The minimum atomic E-state index is -1.06. The number of carboxylic acid groups (broad SMARTS) is 4. The molecule has 0 saturated heterocycles. The van der Waals surface area contributed by atoms with Gasteiger partial charge in [0.15, 0.2) is 0 Å². The van der Waals surface area contributed by atoms with Crippen molar-refractivity contribution in [2.75, 3.05) is 0 Å². The summed E-state index contributed by atoms with van der Waals surface area (Å²) in [4.78, 5) is 49.6. The van der Waals surface area contributed by atoms with E-state index in [4.69, 9.17) is 0 Å². The van der Waals surface area contributed by atoms with Gasteiger partial charge in [0, 0.05) is 61.2 Å². The van der Waals surface area contributed by atoms with Crippen molar-refractivity contribution >= 4 is 87.6 Å². The van der Waals surface area contributed by atoms with Crippen LogP contribution in [0.4, 0.5) is 0 Å². The van der Waals surface area contributed by atoms with Crippen molar-refractivity contribution in [2.24, 2.45) is 0 Å². The number of carboxylic acids is 4. The van der Waals surface area contributed by atoms with Crippen molar-refractivity contribution in [3.63, 3.8) is 0 Å². The molecule has 4 atom stereocenters. The van der Waals surface area contributed by atoms with E-state index in [9.17, 15) is 39.6 Å². The third-order valence-electron chi connectivity index (χ3n) is 21.4. The zero-order chi connectivity index (χ0) is 70.0. The summed E-state index contributed by atoms with van der Waals surface area (Å²) in [5, 5.41) is 49.6. The first-order chi connectivity index (χ1) is 48.4. The van der Waals surface area contributed by atoms with Crippen molar-refractivity contribution in [3.05, 3.63) is 424 Å². The van der Waals surface area contributed by atoms with E-state index >= 15 is 0 Å². The maximum atomic E-state index is 12.4. The van der Waals surface area contributed by atoms with Gasteiger partial charge >= 0.3 is 39.0 Å². The third kappa shape index (κ3) is 12.7. The zero-order valence-electron chi connectivity index (χ0n) is 54.6. The maximum absolute atomic E-state index is 12.4. The molecule has 0 unspecified atom stereocenters. The van der Waals surface area contributed by atoms with Crippen LogP contribution in [0.2, 0.25) is 0 Å². The Morgan fingerprint density at radius 1 is 0.196 bits per heavy atom. The first kappa shape index (κ1) is 74.9. The number of hydrogen-bond acceptors (Lipinski definition) is 8. The summed E-state index contributed by atoms with van der Waals surface area (Å²) in [6, 6.07) is 109. The molecule has 4 saturated carbocycles. The van der Waals surface area contributed by atoms with E-state index in [0.29, 0.717) is 25.7 Å². The van der Waals surface area contributed by atoms with E-state index in [1.807, 2.05) is 340 Å². The summed E-state index contributed by atoms with van der Waals surface area (Å²) < 4.78 is 3.71. The van der Waals surface area contributed by atoms with Gasteiger partial charge in [0.2, 0.25) is 0 Å². The average molecular weight is 1770 g/mol. The van der Waals surface area contributed by atoms with E-state index in [0.717, 1.165) is 84.7 Å². The number of carbonyl (C=O) groups is 4. The molecule has 12 aromatic carbocycles. The Morgan fingerprint density at radius 2 is 0.314 bits per heavy atom. The molecule has 12 aromatic rings. The minimum Gasteiger partial charge on any atom is -0.549 e. The Bertz CT molecular complexity index is 4100. The van der Waals surface area contributed by atoms with E-state index in [1.54, 1.807) is 0 Å². The van der Waals surface area contributed by atoms with Gasteiger partial charge in [-0.05, 0) is 141 Å². The van der Waals surface area contributed by atoms with Crippen LogP contribution >= 0.6 is 63.7 Å². The summed E-state index contributed by atoms with van der Waals surface area (Å²) in [6.07, 6.45) is 1.99. The summed E-state index contributed by atoms with van der Waals surface area (Å²) in [7, 11) is 0. The Hall–Kier alpha value is -8.31. The van der Waals surface area contributed by atoms with E-state index in [-0.39, 0.29) is 39.0 Å². The van der Waals surface area contributed by atoms with Crippen molar-refractivity contribution in [1.82, 2.24) is 0 Å². The molecule has 2 radical (unpaired) electrons. The first-order valence-corrected chi connectivity index (χ1v) is 36.0. The molecular formula is C88H64Br4O8Rh2. The van der Waals surface area contributed by atoms with Gasteiger partial charge in [-0.25, -0.2) is 0 Å². The fourth-order valence-electron chi connectivity index (χ4n) is 16.4. The second kappa shape index (κ2) is 30.6. The number of aliphatic carboxylic acids is 4. The fourth-order valence-corrected chi connectivity index (χ4v) is 17.5. The molecule has 0 spiro atoms. The second-order valence-corrected chi connectivity index (χ2v) is 29.7. The molecule has 0 heterocycles. The van der Waals surface area contributed by atoms with Crippen LogP contribution in [0.1, 0.15) is 92.4 Å². The molecule has 0 bridgehead atoms. The van der Waals surface area contributed by atoms with Crippen LogP contribution < -0.4 is 20.4 Å². The van der Waals surface area contributed by atoms with Crippen molar-refractivity contribution < 1.29 is 78.6 Å². The van der Waals surface area contributed by atoms with Crippen LogP contribution in [0.25, 0.3) is 0 Å². The predicted molar refractivity (Wildman–Crippen MR) is 396 cm³/mol. The number of rotatable bonds is 16. The van der Waals surface area contributed by atoms with E-state index < -0.39 is 67.2 Å². The second-order valence-electron chi connectivity index (χ2n) is 26.1. The van der Waals surface area contributed by atoms with Gasteiger partial charge in [0.25, 0.3) is 0 Å². The minimum absolute atomic E-state index is 0. The van der Waals surface area contributed by atoms with Crippen LogP contribution in [-0.2, 0) is 101 Å². The van der Waals surface area contributed by atoms with Gasteiger partial charge in [-0.3, -0.25) is 0 Å². The molecule has 0 aromatic heterocycles. The third-order valence-corrected chi connectivity index (χ3v) is 23.5. The van der Waals surface area contributed by atoms with Crippen molar-refractivity contribution in [2.45, 2.75) is 69.0 Å². The predicted octanol–water partition coefficient (Wildman–Crippen LogP) is 15.3. The number of benzene rings is 12. The molecule has 8 nitrogen and oxygen atoms in total. The summed E-state index contributed by atoms with van der Waals surface area (Å²) >= 11 is 13.7. The van der Waals surface area contributed by atoms with Crippen LogP contribution in [0.15, 0.2) is 358 Å². The van der Waals surface area contributed by atoms with Gasteiger partial charge in [0.1, 0.15) is 0 Å². The van der Waals surface area contributed by atoms with Crippen molar-refractivity contribution in [1.29, 1.82) is 0 Å². The van der Waals surface area contributed by atoms with Crippen LogP contribution in [0, 0.1) is 0 Å². The quantitative estimate of drug-likeness (QED) is 0.0864. The standard InChI is InChI=1S/4C22H17BrO2.2Rh/c4*23-19-13-11-18(12-14-19)22(20(24)25)15-21(22,16-7-3-1-4-8-16)17-9-5-2-6-10-17;;/h4*1-14H,15H2,(H,24,25);;/q;;;;2*+2/p-4/t4*22-;;/m1111../s1.